The topological polar surface area (TPSA) is 87.0 Å². The van der Waals surface area contributed by atoms with E-state index in [1.807, 2.05) is 0 Å². The molecule has 0 radical (unpaired) electrons. The summed E-state index contributed by atoms with van der Waals surface area (Å²) in [6.45, 7) is 9.39. The van der Waals surface area contributed by atoms with Gasteiger partial charge in [0, 0.05) is 187 Å². The third-order valence-corrected chi connectivity index (χ3v) is 28.4. The number of nitrogens with zero attached hydrogens (tertiary/aromatic N) is 12. The van der Waals surface area contributed by atoms with E-state index < -0.39 is 4.30 Å². The molecule has 16 aliphatic rings. The lowest BCUT2D eigenvalue weighted by atomic mass is 9.88. The minimum Gasteiger partial charge on any atom is -0.361 e. The number of fused-ring (bicyclic) bond motifs is 20. The number of hydrogen-bond acceptors (Lipinski definition) is 16. The van der Waals surface area contributed by atoms with Crippen LogP contribution in [0.3, 0.4) is 0 Å². The van der Waals surface area contributed by atoms with Crippen LogP contribution in [0.2, 0.25) is 0 Å². The van der Waals surface area contributed by atoms with E-state index in [0.717, 1.165) is 0 Å². The highest BCUT2D eigenvalue weighted by Gasteiger charge is 2.58. The molecule has 12 aromatic rings. The van der Waals surface area contributed by atoms with Gasteiger partial charge in [0.2, 0.25) is 0 Å². The SMILES string of the molecule is ClC(Cl)Cl.c1ccc2c(c1)N[C@H]1c3ccccc3N3[C@@H]2N1c1ccccc1[C@@H]3N1CCCC1.c1ccc2c(c1)N[C@H]1c3ccccc3N3[C@@H]2N1c1ccccc1[C@@H]3N1CCCC1.c1ccc2c(c1)N[C@H]1c3ccccc3N3[C@@H]2N1c1ccccc1[C@@H]3N1CCCC1.c1ccc2c(c1)N[C@H]1c3ccccc3N3[C@@H]2N1c1ccccc1[C@@H]3N1CCCC1. The van der Waals surface area contributed by atoms with Crippen molar-refractivity contribution >= 4 is 103 Å². The number of nitrogens with one attached hydrogen (secondary N) is 4. The van der Waals surface area contributed by atoms with Crippen molar-refractivity contribution in [3.8, 4) is 0 Å². The zero-order valence-corrected chi connectivity index (χ0v) is 69.3. The maximum absolute atomic E-state index is 4.81. The van der Waals surface area contributed by atoms with Crippen LogP contribution in [0, 0.1) is 0 Å². The summed E-state index contributed by atoms with van der Waals surface area (Å²) in [5.41, 5.74) is 32.7. The fourth-order valence-corrected chi connectivity index (χ4v) is 23.8. The molecule has 16 heterocycles. The van der Waals surface area contributed by atoms with Gasteiger partial charge in [0.05, 0.1) is 0 Å². The van der Waals surface area contributed by atoms with E-state index >= 15 is 0 Å². The zero-order chi connectivity index (χ0) is 79.4. The zero-order valence-electron chi connectivity index (χ0n) is 67.0. The van der Waals surface area contributed by atoms with Crippen LogP contribution in [0.4, 0.5) is 68.2 Å². The molecule has 4 N–H and O–H groups in total. The molecule has 0 amide bonds. The Labute approximate surface area is 718 Å². The van der Waals surface area contributed by atoms with Gasteiger partial charge in [-0.2, -0.15) is 0 Å². The Balaban J connectivity index is 0.0000000895. The van der Waals surface area contributed by atoms with Gasteiger partial charge in [-0.25, -0.2) is 0 Å². The minimum absolute atomic E-state index is 0.156. The van der Waals surface area contributed by atoms with E-state index in [4.69, 9.17) is 34.8 Å². The Morgan fingerprint density at radius 2 is 0.333 bits per heavy atom. The number of hydrogen-bond donors (Lipinski definition) is 4. The third-order valence-electron chi connectivity index (χ3n) is 28.4. The highest BCUT2D eigenvalue weighted by molar-refractivity contribution is 6.63. The summed E-state index contributed by atoms with van der Waals surface area (Å²) in [6.07, 6.45) is 13.0. The highest BCUT2D eigenvalue weighted by atomic mass is 35.6. The Morgan fingerprint density at radius 1 is 0.183 bits per heavy atom. The number of likely N-dealkylation sites (tertiary alicyclic amines) is 4. The number of anilines is 12. The van der Waals surface area contributed by atoms with E-state index in [1.54, 1.807) is 0 Å². The average molecular weight is 1640 g/mol. The second-order valence-electron chi connectivity index (χ2n) is 34.5. The van der Waals surface area contributed by atoms with E-state index in [9.17, 15) is 0 Å². The number of para-hydroxylation sites is 12. The Kier molecular flexibility index (Phi) is 18.0. The molecule has 0 spiro atoms. The molecule has 602 valence electrons. The van der Waals surface area contributed by atoms with Crippen LogP contribution in [0.25, 0.3) is 0 Å². The summed E-state index contributed by atoms with van der Waals surface area (Å²) in [5, 5.41) is 15.4. The van der Waals surface area contributed by atoms with Crippen molar-refractivity contribution in [1.29, 1.82) is 0 Å². The molecule has 28 rings (SSSR count). The molecule has 16 nitrogen and oxygen atoms in total. The average Bonchev–Trinajstić information content (AvgIpc) is 0.901. The van der Waals surface area contributed by atoms with Gasteiger partial charge < -0.3 is 60.5 Å². The van der Waals surface area contributed by atoms with Crippen molar-refractivity contribution < 1.29 is 0 Å². The lowest BCUT2D eigenvalue weighted by Gasteiger charge is -2.61. The molecule has 0 saturated carbocycles. The van der Waals surface area contributed by atoms with E-state index in [2.05, 4.69) is 371 Å². The van der Waals surface area contributed by atoms with Crippen LogP contribution in [0.15, 0.2) is 291 Å². The van der Waals surface area contributed by atoms with E-state index in [-0.39, 0.29) is 74.0 Å². The second-order valence-corrected chi connectivity index (χ2v) is 36.5. The van der Waals surface area contributed by atoms with Crippen LogP contribution in [-0.4, -0.2) is 76.3 Å². The molecule has 120 heavy (non-hydrogen) atoms. The fraction of sp³-hybridized carbons (Fsp3) is 0.287. The molecule has 12 aromatic carbocycles. The standard InChI is InChI=1S/4C25H24N4.CHCl3/c4*1-4-12-20-17(9-1)25-28-22-14-6-3-11-19(22)24(27-15-7-8-16-27)29(25)21-13-5-2-10-18(21)23(28)26-20;2-1(3)4/h4*1-6,9-14,23-26H,7-8,15-16H2;1H/t4*23-,24-,25+;/m1111./s1. The van der Waals surface area contributed by atoms with Gasteiger partial charge in [-0.3, -0.25) is 19.6 Å². The van der Waals surface area contributed by atoms with Crippen LogP contribution < -0.4 is 60.5 Å². The van der Waals surface area contributed by atoms with Crippen molar-refractivity contribution in [3.63, 3.8) is 0 Å². The Bertz CT molecular complexity index is 5190. The first-order valence-corrected chi connectivity index (χ1v) is 45.0. The first kappa shape index (κ1) is 72.9. The molecule has 4 saturated heterocycles. The summed E-state index contributed by atoms with van der Waals surface area (Å²) in [4.78, 5) is 32.0. The van der Waals surface area contributed by atoms with Crippen molar-refractivity contribution in [2.24, 2.45) is 0 Å². The molecule has 4 fully saturated rings. The van der Waals surface area contributed by atoms with Crippen LogP contribution in [-0.2, 0) is 0 Å². The smallest absolute Gasteiger partial charge is 0.180 e. The molecule has 16 bridgehead atoms. The first-order chi connectivity index (χ1) is 59.4. The van der Waals surface area contributed by atoms with Crippen molar-refractivity contribution in [3.05, 3.63) is 358 Å². The fourth-order valence-electron chi connectivity index (χ4n) is 23.8. The number of rotatable bonds is 4. The van der Waals surface area contributed by atoms with Crippen LogP contribution in [0.1, 0.15) is 192 Å². The van der Waals surface area contributed by atoms with Crippen molar-refractivity contribution in [1.82, 2.24) is 19.6 Å². The molecule has 16 aliphatic heterocycles. The number of alkyl halides is 3. The quantitative estimate of drug-likeness (QED) is 0.126. The van der Waals surface area contributed by atoms with Gasteiger partial charge in [0.25, 0.3) is 0 Å². The maximum atomic E-state index is 4.81. The van der Waals surface area contributed by atoms with Gasteiger partial charge >= 0.3 is 0 Å². The molecule has 19 heteroatoms. The lowest BCUT2D eigenvalue weighted by Crippen LogP contribution is -2.59. The monoisotopic (exact) mass is 1640 g/mol. The van der Waals surface area contributed by atoms with Gasteiger partial charge in [-0.05, 0) is 124 Å². The predicted octanol–water partition coefficient (Wildman–Crippen LogP) is 23.0. The lowest BCUT2D eigenvalue weighted by molar-refractivity contribution is 0.205. The second kappa shape index (κ2) is 29.7. The van der Waals surface area contributed by atoms with Gasteiger partial charge in [0.15, 0.2) is 4.30 Å². The highest BCUT2D eigenvalue weighted by Crippen LogP contribution is 2.65. The maximum Gasteiger partial charge on any atom is 0.180 e. The Morgan fingerprint density at radius 3 is 0.525 bits per heavy atom. The first-order valence-electron chi connectivity index (χ1n) is 43.7. The minimum atomic E-state index is -0.750. The summed E-state index contributed by atoms with van der Waals surface area (Å²) >= 11 is 14.4. The van der Waals surface area contributed by atoms with Gasteiger partial charge in [0.1, 0.15) is 74.0 Å². The van der Waals surface area contributed by atoms with Crippen LogP contribution >= 0.6 is 34.8 Å². The normalized spacial score (nSPS) is 25.8. The molecular formula is C101H97Cl3N16. The van der Waals surface area contributed by atoms with E-state index in [1.165, 1.54) is 239 Å². The third kappa shape index (κ3) is 11.4. The largest absolute Gasteiger partial charge is 0.361 e. The van der Waals surface area contributed by atoms with Gasteiger partial charge in [-0.1, -0.05) is 253 Å². The molecular weight excluding hydrogens is 1540 g/mol. The molecule has 12 atom stereocenters. The summed E-state index contributed by atoms with van der Waals surface area (Å²) in [7, 11) is 0. The van der Waals surface area contributed by atoms with Gasteiger partial charge in [-0.15, -0.1) is 0 Å². The van der Waals surface area contributed by atoms with Crippen molar-refractivity contribution in [2.75, 3.05) is 113 Å². The van der Waals surface area contributed by atoms with E-state index in [0.29, 0.717) is 0 Å². The Hall–Kier alpha value is -11.1. The number of benzene rings is 12. The molecule has 0 aliphatic carbocycles. The van der Waals surface area contributed by atoms with Crippen LogP contribution in [0.5, 0.6) is 0 Å². The van der Waals surface area contributed by atoms with Crippen molar-refractivity contribution in [2.45, 2.75) is 130 Å². The number of halogens is 3. The summed E-state index contributed by atoms with van der Waals surface area (Å²) < 4.78 is -0.750. The predicted molar refractivity (Wildman–Crippen MR) is 489 cm³/mol. The summed E-state index contributed by atoms with van der Waals surface area (Å²) in [5.74, 6) is 0. The summed E-state index contributed by atoms with van der Waals surface area (Å²) in [6, 6.07) is 108. The molecule has 0 unspecified atom stereocenters. The molecule has 0 aromatic heterocycles.